The minimum Gasteiger partial charge on any atom is -0.466 e. The van der Waals surface area contributed by atoms with Crippen LogP contribution in [-0.2, 0) is 38.9 Å². The summed E-state index contributed by atoms with van der Waals surface area (Å²) in [4.78, 5) is 19.0. The maximum absolute atomic E-state index is 13.2. The summed E-state index contributed by atoms with van der Waals surface area (Å²) in [5.74, 6) is -0.392. The maximum atomic E-state index is 13.2. The molecule has 34 heavy (non-hydrogen) atoms. The number of furan rings is 1. The first kappa shape index (κ1) is 25.2. The highest BCUT2D eigenvalue weighted by atomic mass is 16.8. The van der Waals surface area contributed by atoms with E-state index < -0.39 is 28.5 Å². The van der Waals surface area contributed by atoms with E-state index in [1.165, 1.54) is 12.2 Å². The topological polar surface area (TPSA) is 98.1 Å². The number of carbonyl (C=O) groups excluding carboxylic acids is 1. The molecule has 10 nitrogen and oxygen atoms in total. The molecule has 1 aromatic heterocycles. The van der Waals surface area contributed by atoms with Crippen LogP contribution >= 0.6 is 0 Å². The van der Waals surface area contributed by atoms with Crippen molar-refractivity contribution in [3.05, 3.63) is 36.3 Å². The SMILES string of the molecule is C=CCO[C@]12CC[C@@]3(OCOC)O[C@H](C[C@]31CN(OCOC)C(=O)OC(C)(C)C)c1occc12. The standard InChI is InChI=1S/C24H35NO9/c1-7-11-30-23-9-10-24(31-15-27-5)22(23,13-18(33-24)19-17(23)8-12-29-19)14-25(32-16-28-6)20(26)34-21(2,3)4/h7-8,12,18H,1,9-11,13-16H2,2-6H3/t18-,22-,23+,24-/m1/s1. The van der Waals surface area contributed by atoms with E-state index in [9.17, 15) is 4.79 Å². The first-order chi connectivity index (χ1) is 16.2. The van der Waals surface area contributed by atoms with Gasteiger partial charge in [-0.1, -0.05) is 6.08 Å². The van der Waals surface area contributed by atoms with Crippen LogP contribution in [-0.4, -0.2) is 63.5 Å². The van der Waals surface area contributed by atoms with E-state index in [0.717, 1.165) is 5.56 Å². The third-order valence-corrected chi connectivity index (χ3v) is 6.79. The molecule has 0 aromatic carbocycles. The second-order valence-corrected chi connectivity index (χ2v) is 9.87. The third kappa shape index (κ3) is 3.86. The Kier molecular flexibility index (Phi) is 6.84. The molecule has 0 N–H and O–H groups in total. The Morgan fingerprint density at radius 1 is 1.24 bits per heavy atom. The molecular weight excluding hydrogens is 446 g/mol. The van der Waals surface area contributed by atoms with Gasteiger partial charge in [-0.3, -0.25) is 0 Å². The summed E-state index contributed by atoms with van der Waals surface area (Å²) in [7, 11) is 3.04. The van der Waals surface area contributed by atoms with Crippen LogP contribution < -0.4 is 0 Å². The number of hydrogen-bond donors (Lipinski definition) is 0. The Hall–Kier alpha value is -1.95. The lowest BCUT2D eigenvalue weighted by molar-refractivity contribution is -0.318. The van der Waals surface area contributed by atoms with Crippen LogP contribution in [0.15, 0.2) is 29.4 Å². The van der Waals surface area contributed by atoms with Crippen molar-refractivity contribution in [2.75, 3.05) is 41.0 Å². The fraction of sp³-hybridized carbons (Fsp3) is 0.708. The van der Waals surface area contributed by atoms with Gasteiger partial charge >= 0.3 is 6.09 Å². The first-order valence-corrected chi connectivity index (χ1v) is 11.4. The van der Waals surface area contributed by atoms with Crippen molar-refractivity contribution in [2.45, 2.75) is 63.1 Å². The number of hydroxylamine groups is 2. The second-order valence-electron chi connectivity index (χ2n) is 9.87. The van der Waals surface area contributed by atoms with Gasteiger partial charge in [0.25, 0.3) is 0 Å². The number of hydrogen-bond acceptors (Lipinski definition) is 9. The molecule has 190 valence electrons. The van der Waals surface area contributed by atoms with Gasteiger partial charge in [0.05, 0.1) is 24.8 Å². The summed E-state index contributed by atoms with van der Waals surface area (Å²) in [6, 6.07) is 1.91. The minimum absolute atomic E-state index is 0.0126. The van der Waals surface area contributed by atoms with E-state index in [1.54, 1.807) is 40.2 Å². The zero-order valence-electron chi connectivity index (χ0n) is 20.6. The van der Waals surface area contributed by atoms with E-state index in [-0.39, 0.29) is 26.2 Å². The molecule has 1 amide bonds. The lowest BCUT2D eigenvalue weighted by Gasteiger charge is -2.50. The van der Waals surface area contributed by atoms with Crippen molar-refractivity contribution in [1.82, 2.24) is 5.06 Å². The average molecular weight is 482 g/mol. The van der Waals surface area contributed by atoms with E-state index >= 15 is 0 Å². The molecule has 1 aromatic rings. The van der Waals surface area contributed by atoms with Gasteiger partial charge in [-0.25, -0.2) is 9.63 Å². The zero-order valence-corrected chi connectivity index (χ0v) is 20.6. The van der Waals surface area contributed by atoms with Crippen molar-refractivity contribution in [3.8, 4) is 0 Å². The van der Waals surface area contributed by atoms with E-state index in [1.807, 2.05) is 6.07 Å². The Balaban J connectivity index is 1.81. The van der Waals surface area contributed by atoms with Crippen molar-refractivity contribution >= 4 is 6.09 Å². The van der Waals surface area contributed by atoms with E-state index in [0.29, 0.717) is 31.6 Å². The molecule has 0 unspecified atom stereocenters. The highest BCUT2D eigenvalue weighted by molar-refractivity contribution is 5.67. The summed E-state index contributed by atoms with van der Waals surface area (Å²) in [5, 5.41) is 1.19. The number of ether oxygens (including phenoxy) is 6. The summed E-state index contributed by atoms with van der Waals surface area (Å²) in [6.07, 6.45) is 3.94. The Morgan fingerprint density at radius 3 is 2.68 bits per heavy atom. The molecule has 0 spiro atoms. The number of rotatable bonds is 11. The third-order valence-electron chi connectivity index (χ3n) is 6.79. The van der Waals surface area contributed by atoms with Crippen molar-refractivity contribution < 1.29 is 42.5 Å². The van der Waals surface area contributed by atoms with Gasteiger partial charge in [0.2, 0.25) is 0 Å². The molecule has 2 aliphatic carbocycles. The second kappa shape index (κ2) is 9.25. The zero-order chi connectivity index (χ0) is 24.6. The largest absolute Gasteiger partial charge is 0.466 e. The Bertz CT molecular complexity index is 895. The molecule has 4 rings (SSSR count). The Labute approximate surface area is 199 Å². The monoisotopic (exact) mass is 481 g/mol. The van der Waals surface area contributed by atoms with Crippen LogP contribution in [0.2, 0.25) is 0 Å². The van der Waals surface area contributed by atoms with E-state index in [4.69, 9.17) is 37.7 Å². The van der Waals surface area contributed by atoms with Gasteiger partial charge in [-0.2, -0.15) is 5.06 Å². The van der Waals surface area contributed by atoms with Gasteiger partial charge in [0.1, 0.15) is 29.9 Å². The summed E-state index contributed by atoms with van der Waals surface area (Å²) >= 11 is 0. The quantitative estimate of drug-likeness (QED) is 0.264. The van der Waals surface area contributed by atoms with Crippen LogP contribution in [0.25, 0.3) is 0 Å². The fourth-order valence-electron chi connectivity index (χ4n) is 5.69. The average Bonchev–Trinajstić information content (AvgIpc) is 3.43. The van der Waals surface area contributed by atoms with Crippen LogP contribution in [0.4, 0.5) is 4.79 Å². The molecule has 4 atom stereocenters. The molecule has 1 saturated heterocycles. The summed E-state index contributed by atoms with van der Waals surface area (Å²) in [6.45, 7) is 9.47. The molecule has 0 radical (unpaired) electrons. The molecule has 2 fully saturated rings. The maximum Gasteiger partial charge on any atom is 0.434 e. The Morgan fingerprint density at radius 2 is 2.00 bits per heavy atom. The predicted octanol–water partition coefficient (Wildman–Crippen LogP) is 4.02. The summed E-state index contributed by atoms with van der Waals surface area (Å²) in [5.41, 5.74) is -1.56. The smallest absolute Gasteiger partial charge is 0.434 e. The van der Waals surface area contributed by atoms with E-state index in [2.05, 4.69) is 6.58 Å². The highest BCUT2D eigenvalue weighted by Crippen LogP contribution is 2.74. The van der Waals surface area contributed by atoms with Gasteiger partial charge < -0.3 is 32.8 Å². The lowest BCUT2D eigenvalue weighted by atomic mass is 9.62. The normalized spacial score (nSPS) is 31.4. The number of fused-ring (bicyclic) bond motifs is 4. The molecule has 1 aliphatic heterocycles. The minimum atomic E-state index is -1.10. The lowest BCUT2D eigenvalue weighted by Crippen LogP contribution is -2.60. The molecule has 2 bridgehead atoms. The fourth-order valence-corrected chi connectivity index (χ4v) is 5.69. The van der Waals surface area contributed by atoms with Crippen LogP contribution in [0.1, 0.15) is 57.5 Å². The molecular formula is C24H35NO9. The van der Waals surface area contributed by atoms with Crippen molar-refractivity contribution in [3.63, 3.8) is 0 Å². The number of methoxy groups -OCH3 is 2. The number of nitrogens with zero attached hydrogens (tertiary/aromatic N) is 1. The van der Waals surface area contributed by atoms with Gasteiger partial charge in [-0.05, 0) is 39.7 Å². The van der Waals surface area contributed by atoms with Crippen LogP contribution in [0.3, 0.4) is 0 Å². The van der Waals surface area contributed by atoms with Crippen LogP contribution in [0, 0.1) is 5.41 Å². The molecule has 2 heterocycles. The predicted molar refractivity (Wildman–Crippen MR) is 118 cm³/mol. The number of carbonyl (C=O) groups is 1. The van der Waals surface area contributed by atoms with Gasteiger partial charge in [0.15, 0.2) is 12.6 Å². The summed E-state index contributed by atoms with van der Waals surface area (Å²) < 4.78 is 41.3. The van der Waals surface area contributed by atoms with Crippen molar-refractivity contribution in [2.24, 2.45) is 5.41 Å². The first-order valence-electron chi connectivity index (χ1n) is 11.4. The highest BCUT2D eigenvalue weighted by Gasteiger charge is 2.79. The van der Waals surface area contributed by atoms with Gasteiger partial charge in [-0.15, -0.1) is 6.58 Å². The molecule has 10 heteroatoms. The molecule has 3 aliphatic rings. The van der Waals surface area contributed by atoms with Crippen LogP contribution in [0.5, 0.6) is 0 Å². The van der Waals surface area contributed by atoms with Crippen molar-refractivity contribution in [1.29, 1.82) is 0 Å². The molecule has 1 saturated carbocycles. The number of amides is 1. The van der Waals surface area contributed by atoms with Gasteiger partial charge in [0, 0.05) is 26.2 Å².